The summed E-state index contributed by atoms with van der Waals surface area (Å²) in [5, 5.41) is 6.19. The summed E-state index contributed by atoms with van der Waals surface area (Å²) >= 11 is 0. The topological polar surface area (TPSA) is 79.3 Å². The van der Waals surface area contributed by atoms with Gasteiger partial charge in [-0.3, -0.25) is 9.36 Å². The number of benzene rings is 2. The maximum absolute atomic E-state index is 12.9. The minimum atomic E-state index is -0.263. The predicted octanol–water partition coefficient (Wildman–Crippen LogP) is 2.46. The van der Waals surface area contributed by atoms with Gasteiger partial charge >= 0.3 is 6.03 Å². The van der Waals surface area contributed by atoms with E-state index < -0.39 is 0 Å². The Morgan fingerprint density at radius 3 is 2.79 bits per heavy atom. The van der Waals surface area contributed by atoms with Crippen LogP contribution in [0.4, 0.5) is 10.5 Å². The van der Waals surface area contributed by atoms with Crippen molar-refractivity contribution in [2.75, 3.05) is 32.0 Å². The molecule has 7 nitrogen and oxygen atoms in total. The molecule has 0 radical (unpaired) electrons. The summed E-state index contributed by atoms with van der Waals surface area (Å²) < 4.78 is 1.50. The fraction of sp³-hybridized carbons (Fsp3) is 0.286. The smallest absolute Gasteiger partial charge is 0.319 e. The zero-order chi connectivity index (χ0) is 19.5. The van der Waals surface area contributed by atoms with Crippen molar-refractivity contribution in [3.8, 4) is 5.69 Å². The summed E-state index contributed by atoms with van der Waals surface area (Å²) in [6, 6.07) is 14.3. The lowest BCUT2D eigenvalue weighted by Gasteiger charge is -2.13. The molecule has 2 heterocycles. The SMILES string of the molecule is CN1CCC(CNC(=O)Nc2ccc3ncn(-c4ccccc4)c(=O)c3c2)C1. The largest absolute Gasteiger partial charge is 0.338 e. The van der Waals surface area contributed by atoms with Gasteiger partial charge in [0.15, 0.2) is 0 Å². The van der Waals surface area contributed by atoms with Gasteiger partial charge in [0.25, 0.3) is 5.56 Å². The Kier molecular flexibility index (Phi) is 5.08. The van der Waals surface area contributed by atoms with Crippen LogP contribution in [0, 0.1) is 5.92 Å². The molecule has 7 heteroatoms. The van der Waals surface area contributed by atoms with Gasteiger partial charge < -0.3 is 15.5 Å². The Balaban J connectivity index is 1.51. The van der Waals surface area contributed by atoms with Gasteiger partial charge in [0.2, 0.25) is 0 Å². The molecule has 2 amide bonds. The number of urea groups is 1. The molecule has 3 aromatic rings. The lowest BCUT2D eigenvalue weighted by molar-refractivity contribution is 0.250. The first-order valence-corrected chi connectivity index (χ1v) is 9.40. The van der Waals surface area contributed by atoms with Crippen LogP contribution in [0.25, 0.3) is 16.6 Å². The van der Waals surface area contributed by atoms with Crippen molar-refractivity contribution >= 4 is 22.6 Å². The van der Waals surface area contributed by atoms with Crippen LogP contribution in [0.3, 0.4) is 0 Å². The highest BCUT2D eigenvalue weighted by Gasteiger charge is 2.19. The first-order valence-electron chi connectivity index (χ1n) is 9.40. The second-order valence-corrected chi connectivity index (χ2v) is 7.24. The molecule has 0 saturated carbocycles. The van der Waals surface area contributed by atoms with Gasteiger partial charge in [-0.2, -0.15) is 0 Å². The van der Waals surface area contributed by atoms with E-state index >= 15 is 0 Å². The molecule has 1 atom stereocenters. The van der Waals surface area contributed by atoms with Crippen molar-refractivity contribution in [1.29, 1.82) is 0 Å². The Bertz CT molecular complexity index is 1050. The molecule has 2 N–H and O–H groups in total. The van der Waals surface area contributed by atoms with Crippen molar-refractivity contribution < 1.29 is 4.79 Å². The van der Waals surface area contributed by atoms with Crippen molar-refractivity contribution in [3.05, 3.63) is 65.2 Å². The fourth-order valence-electron chi connectivity index (χ4n) is 3.58. The van der Waals surface area contributed by atoms with Gasteiger partial charge in [0.1, 0.15) is 6.33 Å². The third kappa shape index (κ3) is 3.89. The van der Waals surface area contributed by atoms with Gasteiger partial charge in [-0.15, -0.1) is 0 Å². The van der Waals surface area contributed by atoms with Crippen LogP contribution >= 0.6 is 0 Å². The number of rotatable bonds is 4. The second-order valence-electron chi connectivity index (χ2n) is 7.24. The molecule has 0 aliphatic carbocycles. The van der Waals surface area contributed by atoms with Gasteiger partial charge in [0, 0.05) is 18.8 Å². The van der Waals surface area contributed by atoms with E-state index in [-0.39, 0.29) is 11.6 Å². The maximum Gasteiger partial charge on any atom is 0.319 e. The van der Waals surface area contributed by atoms with Crippen molar-refractivity contribution in [1.82, 2.24) is 19.8 Å². The molecule has 28 heavy (non-hydrogen) atoms. The fourth-order valence-corrected chi connectivity index (χ4v) is 3.58. The molecule has 144 valence electrons. The van der Waals surface area contributed by atoms with Gasteiger partial charge in [0.05, 0.1) is 16.6 Å². The summed E-state index contributed by atoms with van der Waals surface area (Å²) in [6.07, 6.45) is 2.62. The lowest BCUT2D eigenvalue weighted by atomic mass is 10.1. The average molecular weight is 377 g/mol. The second kappa shape index (κ2) is 7.82. The van der Waals surface area contributed by atoms with E-state index in [4.69, 9.17) is 0 Å². The Hall–Kier alpha value is -3.19. The molecular weight excluding hydrogens is 354 g/mol. The normalized spacial score (nSPS) is 17.0. The highest BCUT2D eigenvalue weighted by Crippen LogP contribution is 2.16. The number of hydrogen-bond acceptors (Lipinski definition) is 4. The molecule has 1 saturated heterocycles. The number of hydrogen-bond donors (Lipinski definition) is 2. The van der Waals surface area contributed by atoms with Crippen LogP contribution in [0.15, 0.2) is 59.7 Å². The molecule has 1 aromatic heterocycles. The van der Waals surface area contributed by atoms with Crippen LogP contribution < -0.4 is 16.2 Å². The number of amides is 2. The van der Waals surface area contributed by atoms with E-state index in [1.54, 1.807) is 18.2 Å². The maximum atomic E-state index is 12.9. The molecule has 4 rings (SSSR count). The number of carbonyl (C=O) groups excluding carboxylic acids is 1. The van der Waals surface area contributed by atoms with E-state index in [1.807, 2.05) is 30.3 Å². The molecule has 0 bridgehead atoms. The van der Waals surface area contributed by atoms with E-state index in [9.17, 15) is 9.59 Å². The summed E-state index contributed by atoms with van der Waals surface area (Å²) in [4.78, 5) is 31.7. The van der Waals surface area contributed by atoms with Gasteiger partial charge in [-0.1, -0.05) is 18.2 Å². The molecule has 2 aromatic carbocycles. The summed E-state index contributed by atoms with van der Waals surface area (Å²) in [7, 11) is 2.09. The van der Waals surface area contributed by atoms with Crippen LogP contribution in [-0.2, 0) is 0 Å². The lowest BCUT2D eigenvalue weighted by Crippen LogP contribution is -2.33. The summed E-state index contributed by atoms with van der Waals surface area (Å²) in [5.41, 5.74) is 1.74. The van der Waals surface area contributed by atoms with E-state index in [1.165, 1.54) is 10.9 Å². The van der Waals surface area contributed by atoms with Crippen molar-refractivity contribution in [2.24, 2.45) is 5.92 Å². The standard InChI is InChI=1S/C21H23N5O2/c1-25-10-9-15(13-25)12-22-21(28)24-16-7-8-19-18(11-16)20(27)26(14-23-19)17-5-3-2-4-6-17/h2-8,11,14-15H,9-10,12-13H2,1H3,(H2,22,24,28). The Morgan fingerprint density at radius 2 is 2.04 bits per heavy atom. The zero-order valence-electron chi connectivity index (χ0n) is 15.8. The number of para-hydroxylation sites is 1. The number of fused-ring (bicyclic) bond motifs is 1. The molecule has 1 fully saturated rings. The average Bonchev–Trinajstić information content (AvgIpc) is 3.13. The summed E-state index contributed by atoms with van der Waals surface area (Å²) in [5.74, 6) is 0.481. The number of nitrogens with one attached hydrogen (secondary N) is 2. The van der Waals surface area contributed by atoms with Gasteiger partial charge in [-0.05, 0) is 56.3 Å². The minimum Gasteiger partial charge on any atom is -0.338 e. The molecule has 1 unspecified atom stereocenters. The molecule has 1 aliphatic heterocycles. The highest BCUT2D eigenvalue weighted by molar-refractivity contribution is 5.92. The van der Waals surface area contributed by atoms with E-state index in [0.29, 0.717) is 29.1 Å². The number of carbonyl (C=O) groups is 1. The number of likely N-dealkylation sites (tertiary alicyclic amines) is 1. The third-order valence-electron chi connectivity index (χ3n) is 5.09. The Labute approximate surface area is 163 Å². The van der Waals surface area contributed by atoms with E-state index in [0.717, 1.165) is 25.2 Å². The third-order valence-corrected chi connectivity index (χ3v) is 5.09. The monoisotopic (exact) mass is 377 g/mol. The predicted molar refractivity (Wildman–Crippen MR) is 110 cm³/mol. The van der Waals surface area contributed by atoms with Crippen molar-refractivity contribution in [2.45, 2.75) is 6.42 Å². The van der Waals surface area contributed by atoms with E-state index in [2.05, 4.69) is 27.6 Å². The number of nitrogens with zero attached hydrogens (tertiary/aromatic N) is 3. The number of anilines is 1. The first-order chi connectivity index (χ1) is 13.6. The van der Waals surface area contributed by atoms with Gasteiger partial charge in [-0.25, -0.2) is 9.78 Å². The van der Waals surface area contributed by atoms with Crippen LogP contribution in [0.5, 0.6) is 0 Å². The molecular formula is C21H23N5O2. The highest BCUT2D eigenvalue weighted by atomic mass is 16.2. The first kappa shape index (κ1) is 18.2. The van der Waals surface area contributed by atoms with Crippen LogP contribution in [0.1, 0.15) is 6.42 Å². The zero-order valence-corrected chi connectivity index (χ0v) is 15.8. The van der Waals surface area contributed by atoms with Crippen molar-refractivity contribution in [3.63, 3.8) is 0 Å². The quantitative estimate of drug-likeness (QED) is 0.732. The molecule has 1 aliphatic rings. The summed E-state index contributed by atoms with van der Waals surface area (Å²) in [6.45, 7) is 2.71. The number of aromatic nitrogens is 2. The molecule has 0 spiro atoms. The van der Waals surface area contributed by atoms with Crippen LogP contribution in [0.2, 0.25) is 0 Å². The Morgan fingerprint density at radius 1 is 1.21 bits per heavy atom. The van der Waals surface area contributed by atoms with Crippen LogP contribution in [-0.4, -0.2) is 47.2 Å². The minimum absolute atomic E-state index is 0.172.